The molecular weight excluding hydrogens is 501 g/mol. The van der Waals surface area contributed by atoms with Crippen molar-refractivity contribution in [2.75, 3.05) is 0 Å². The Bertz CT molecular complexity index is 518. The van der Waals surface area contributed by atoms with Gasteiger partial charge in [-0.3, -0.25) is 0 Å². The Labute approximate surface area is 171 Å². The average Bonchev–Trinajstić information content (AvgIpc) is 3.28. The molecule has 0 aromatic carbocycles. The molecule has 0 aliphatic heterocycles. The first-order valence-corrected chi connectivity index (χ1v) is 12.3. The summed E-state index contributed by atoms with van der Waals surface area (Å²) in [5.41, 5.74) is 5.53. The topological polar surface area (TPSA) is 35.9 Å². The molecule has 0 unspecified atom stereocenters. The van der Waals surface area contributed by atoms with Gasteiger partial charge in [-0.1, -0.05) is 12.8 Å². The van der Waals surface area contributed by atoms with Crippen LogP contribution >= 0.6 is 0 Å². The van der Waals surface area contributed by atoms with Crippen LogP contribution in [-0.4, -0.2) is 15.2 Å². The minimum atomic E-state index is 0.546. The van der Waals surface area contributed by atoms with Crippen molar-refractivity contribution in [1.82, 2.24) is 9.13 Å². The van der Waals surface area contributed by atoms with Crippen LogP contribution in [0.15, 0.2) is 12.4 Å². The number of nitrogens with two attached hydrogens (primary N) is 1. The van der Waals surface area contributed by atoms with Gasteiger partial charge in [-0.15, -0.1) is 0 Å². The third-order valence-electron chi connectivity index (χ3n) is 6.62. The summed E-state index contributed by atoms with van der Waals surface area (Å²) in [4.78, 5) is 0. The van der Waals surface area contributed by atoms with E-state index in [9.17, 15) is 0 Å². The zero-order valence-corrected chi connectivity index (χ0v) is 18.8. The van der Waals surface area contributed by atoms with E-state index in [1.807, 2.05) is 0 Å². The second-order valence-electron chi connectivity index (χ2n) is 8.90. The molecule has 1 aromatic heterocycles. The maximum atomic E-state index is 5.53. The molecule has 4 rings (SSSR count). The fraction of sp³-hybridized carbons (Fsp3) is 0.864. The van der Waals surface area contributed by atoms with E-state index < -0.39 is 0 Å². The molecule has 1 aromatic rings. The summed E-state index contributed by atoms with van der Waals surface area (Å²) in [6.45, 7) is 2.49. The second-order valence-corrected chi connectivity index (χ2v) is 9.91. The molecule has 0 atom stereocenters. The van der Waals surface area contributed by atoms with Crippen LogP contribution in [-0.2, 0) is 32.4 Å². The van der Waals surface area contributed by atoms with E-state index in [1.54, 1.807) is 0 Å². The van der Waals surface area contributed by atoms with Crippen LogP contribution in [0.2, 0.25) is 0 Å². The van der Waals surface area contributed by atoms with Crippen molar-refractivity contribution in [3.8, 4) is 0 Å². The first-order valence-electron chi connectivity index (χ1n) is 11.2. The van der Waals surface area contributed by atoms with E-state index in [-0.39, 0.29) is 0 Å². The molecule has 2 N–H and O–H groups in total. The Morgan fingerprint density at radius 3 is 1.42 bits per heavy atom. The van der Waals surface area contributed by atoms with Gasteiger partial charge in [0.25, 0.3) is 0 Å². The Kier molecular flexibility index (Phi) is 8.71. The molecule has 0 spiro atoms. The van der Waals surface area contributed by atoms with Crippen molar-refractivity contribution in [2.24, 2.45) is 17.6 Å². The second kappa shape index (κ2) is 11.0. The molecule has 26 heavy (non-hydrogen) atoms. The predicted octanol–water partition coefficient (Wildman–Crippen LogP) is 5.42. The molecule has 4 heteroatoms. The first kappa shape index (κ1) is 20.6. The van der Waals surface area contributed by atoms with Crippen LogP contribution in [0.3, 0.4) is 0 Å². The Balaban J connectivity index is 0.000000278. The standard InChI is InChI=1S/C17H28N2.C5H11N.Pt/c1-3-7-16(8-4-1)13-18-11-12-19(15-18)14-17-9-5-2-6-10-17;6-5-3-1-2-4-5;/h11-12,16-17H,1-10,13-14H2;5H,1-4,6H2;. The first-order chi connectivity index (χ1) is 12.7. The van der Waals surface area contributed by atoms with Crippen LogP contribution in [0.5, 0.6) is 0 Å². The van der Waals surface area contributed by atoms with Gasteiger partial charge in [0, 0.05) is 6.04 Å². The molecule has 152 valence electrons. The van der Waals surface area contributed by atoms with E-state index in [0.29, 0.717) is 6.04 Å². The van der Waals surface area contributed by atoms with Crippen molar-refractivity contribution >= 4 is 0 Å². The van der Waals surface area contributed by atoms with Gasteiger partial charge >= 0.3 is 134 Å². The number of nitrogens with zero attached hydrogens (tertiary/aromatic N) is 2. The van der Waals surface area contributed by atoms with Crippen molar-refractivity contribution in [3.63, 3.8) is 0 Å². The molecule has 3 aliphatic rings. The SMILES string of the molecule is NC1CCCC1.[Pt]=[c]1n(CC2CCCCC2)ccn1CC1CCCCC1. The van der Waals surface area contributed by atoms with E-state index >= 15 is 0 Å². The van der Waals surface area contributed by atoms with Crippen LogP contribution in [0.25, 0.3) is 0 Å². The van der Waals surface area contributed by atoms with Crippen LogP contribution < -0.4 is 5.73 Å². The Hall–Kier alpha value is -0.142. The van der Waals surface area contributed by atoms with Crippen LogP contribution in [0.1, 0.15) is 89.9 Å². The van der Waals surface area contributed by atoms with E-state index in [1.165, 1.54) is 107 Å². The quantitative estimate of drug-likeness (QED) is 0.544. The summed E-state index contributed by atoms with van der Waals surface area (Å²) >= 11 is 2.54. The number of hydrogen-bond acceptors (Lipinski definition) is 1. The van der Waals surface area contributed by atoms with Crippen molar-refractivity contribution in [1.29, 1.82) is 0 Å². The molecule has 1 heterocycles. The predicted molar refractivity (Wildman–Crippen MR) is 105 cm³/mol. The monoisotopic (exact) mass is 540 g/mol. The summed E-state index contributed by atoms with van der Waals surface area (Å²) < 4.78 is 6.45. The van der Waals surface area contributed by atoms with E-state index in [4.69, 9.17) is 5.73 Å². The van der Waals surface area contributed by atoms with Gasteiger partial charge in [0.1, 0.15) is 0 Å². The van der Waals surface area contributed by atoms with E-state index in [2.05, 4.69) is 40.9 Å². The van der Waals surface area contributed by atoms with Gasteiger partial charge in [-0.2, -0.15) is 0 Å². The molecule has 0 radical (unpaired) electrons. The van der Waals surface area contributed by atoms with E-state index in [0.717, 1.165) is 11.8 Å². The van der Waals surface area contributed by atoms with Gasteiger partial charge in [-0.05, 0) is 12.8 Å². The molecule has 3 fully saturated rings. The number of imidazole rings is 1. The van der Waals surface area contributed by atoms with Gasteiger partial charge in [-0.25, -0.2) is 0 Å². The molecule has 3 nitrogen and oxygen atoms in total. The Morgan fingerprint density at radius 1 is 0.692 bits per heavy atom. The van der Waals surface area contributed by atoms with Crippen molar-refractivity contribution in [3.05, 3.63) is 16.2 Å². The van der Waals surface area contributed by atoms with Crippen LogP contribution in [0, 0.1) is 15.6 Å². The number of aromatic nitrogens is 2. The molecule has 3 aliphatic carbocycles. The fourth-order valence-corrected chi connectivity index (χ4v) is 5.71. The molecule has 0 saturated heterocycles. The van der Waals surface area contributed by atoms with Gasteiger partial charge in [0.15, 0.2) is 0 Å². The number of rotatable bonds is 4. The van der Waals surface area contributed by atoms with Crippen molar-refractivity contribution < 1.29 is 19.4 Å². The summed E-state index contributed by atoms with van der Waals surface area (Å²) in [5, 5.41) is 0. The van der Waals surface area contributed by atoms with Crippen LogP contribution in [0.4, 0.5) is 0 Å². The molecule has 0 amide bonds. The third-order valence-corrected chi connectivity index (χ3v) is 7.93. The third kappa shape index (κ3) is 6.48. The molecular formula is C22H39N3Pt. The van der Waals surface area contributed by atoms with Gasteiger partial charge in [0.05, 0.1) is 0 Å². The molecule has 3 saturated carbocycles. The average molecular weight is 541 g/mol. The number of hydrogen-bond donors (Lipinski definition) is 1. The summed E-state index contributed by atoms with van der Waals surface area (Å²) in [6.07, 6.45) is 24.4. The van der Waals surface area contributed by atoms with Gasteiger partial charge < -0.3 is 5.73 Å². The van der Waals surface area contributed by atoms with Crippen molar-refractivity contribution in [2.45, 2.75) is 109 Å². The summed E-state index contributed by atoms with van der Waals surface area (Å²) in [7, 11) is 0. The Morgan fingerprint density at radius 2 is 1.08 bits per heavy atom. The minimum absolute atomic E-state index is 0.546. The normalized spacial score (nSPS) is 23.0. The maximum absolute atomic E-state index is 5.53. The summed E-state index contributed by atoms with van der Waals surface area (Å²) in [5.74, 6) is 1.85. The zero-order valence-electron chi connectivity index (χ0n) is 16.5. The molecule has 0 bridgehead atoms. The fourth-order valence-electron chi connectivity index (χ4n) is 4.95. The van der Waals surface area contributed by atoms with Gasteiger partial charge in [0.2, 0.25) is 0 Å². The summed E-state index contributed by atoms with van der Waals surface area (Å²) in [6, 6.07) is 0.546. The zero-order chi connectivity index (χ0) is 18.2.